The maximum atomic E-state index is 12.0. The lowest BCUT2D eigenvalue weighted by molar-refractivity contribution is -0.385. The van der Waals surface area contributed by atoms with E-state index in [4.69, 9.17) is 5.11 Å². The number of aliphatic carboxylic acids is 1. The summed E-state index contributed by atoms with van der Waals surface area (Å²) in [6.45, 7) is 1.58. The second-order valence-electron chi connectivity index (χ2n) is 4.76. The Bertz CT molecular complexity index is 580. The number of carbonyl (C=O) groups excluding carboxylic acids is 1. The molecule has 0 unspecified atom stereocenters. The van der Waals surface area contributed by atoms with E-state index >= 15 is 0 Å². The molecule has 1 aromatic heterocycles. The van der Waals surface area contributed by atoms with Crippen LogP contribution >= 0.6 is 0 Å². The molecule has 8 heteroatoms. The molecular formula is C12H13N3O5. The SMILES string of the molecule is Cc1ncc([N+](=O)[O-])cc1C(=O)NC1CC(C(=O)O)C1. The number of rotatable bonds is 4. The molecule has 0 aromatic carbocycles. The van der Waals surface area contributed by atoms with Gasteiger partial charge in [-0.2, -0.15) is 0 Å². The summed E-state index contributed by atoms with van der Waals surface area (Å²) in [7, 11) is 0. The molecule has 8 nitrogen and oxygen atoms in total. The van der Waals surface area contributed by atoms with Crippen molar-refractivity contribution in [2.75, 3.05) is 0 Å². The Labute approximate surface area is 114 Å². The van der Waals surface area contributed by atoms with Crippen LogP contribution in [-0.2, 0) is 4.79 Å². The van der Waals surface area contributed by atoms with Gasteiger partial charge in [0.2, 0.25) is 0 Å². The van der Waals surface area contributed by atoms with Crippen LogP contribution in [-0.4, -0.2) is 32.9 Å². The first-order valence-electron chi connectivity index (χ1n) is 6.03. The normalized spacial score (nSPS) is 20.9. The molecule has 1 saturated carbocycles. The molecule has 0 bridgehead atoms. The van der Waals surface area contributed by atoms with Crippen molar-refractivity contribution < 1.29 is 19.6 Å². The van der Waals surface area contributed by atoms with Crippen LogP contribution in [0.2, 0.25) is 0 Å². The Balaban J connectivity index is 2.05. The maximum absolute atomic E-state index is 12.0. The van der Waals surface area contributed by atoms with Crippen LogP contribution in [0.4, 0.5) is 5.69 Å². The molecule has 1 aromatic rings. The van der Waals surface area contributed by atoms with E-state index in [9.17, 15) is 19.7 Å². The summed E-state index contributed by atoms with van der Waals surface area (Å²) in [5.41, 5.74) is 0.276. The number of aromatic nitrogens is 1. The molecule has 1 aliphatic carbocycles. The minimum atomic E-state index is -0.872. The summed E-state index contributed by atoms with van der Waals surface area (Å²) in [6.07, 6.45) is 1.85. The van der Waals surface area contributed by atoms with Crippen LogP contribution in [0, 0.1) is 23.0 Å². The third-order valence-electron chi connectivity index (χ3n) is 3.35. The number of nitrogens with one attached hydrogen (secondary N) is 1. The minimum Gasteiger partial charge on any atom is -0.481 e. The predicted molar refractivity (Wildman–Crippen MR) is 67.2 cm³/mol. The topological polar surface area (TPSA) is 122 Å². The second kappa shape index (κ2) is 5.24. The maximum Gasteiger partial charge on any atom is 0.306 e. The first-order valence-corrected chi connectivity index (χ1v) is 6.03. The molecule has 0 atom stereocenters. The smallest absolute Gasteiger partial charge is 0.306 e. The van der Waals surface area contributed by atoms with Crippen molar-refractivity contribution in [1.29, 1.82) is 0 Å². The number of amides is 1. The summed E-state index contributed by atoms with van der Waals surface area (Å²) in [5, 5.41) is 22.1. The Hall–Kier alpha value is -2.51. The van der Waals surface area contributed by atoms with Crippen molar-refractivity contribution in [3.8, 4) is 0 Å². The number of nitro groups is 1. The average Bonchev–Trinajstić information content (AvgIpc) is 2.32. The first kappa shape index (κ1) is 13.9. The van der Waals surface area contributed by atoms with E-state index < -0.39 is 22.7 Å². The van der Waals surface area contributed by atoms with Gasteiger partial charge in [0.05, 0.1) is 22.1 Å². The van der Waals surface area contributed by atoms with Gasteiger partial charge in [0.25, 0.3) is 11.6 Å². The van der Waals surface area contributed by atoms with E-state index in [1.54, 1.807) is 6.92 Å². The summed E-state index contributed by atoms with van der Waals surface area (Å²) in [6, 6.07) is 0.965. The molecule has 0 radical (unpaired) electrons. The molecule has 1 amide bonds. The average molecular weight is 279 g/mol. The van der Waals surface area contributed by atoms with Crippen LogP contribution < -0.4 is 5.32 Å². The van der Waals surface area contributed by atoms with Crippen molar-refractivity contribution in [3.63, 3.8) is 0 Å². The summed E-state index contributed by atoms with van der Waals surface area (Å²) in [5.74, 6) is -1.76. The molecule has 106 valence electrons. The van der Waals surface area contributed by atoms with Gasteiger partial charge in [0.1, 0.15) is 6.20 Å². The lowest BCUT2D eigenvalue weighted by Gasteiger charge is -2.32. The molecule has 0 saturated heterocycles. The van der Waals surface area contributed by atoms with Gasteiger partial charge in [-0.25, -0.2) is 0 Å². The zero-order chi connectivity index (χ0) is 14.9. The highest BCUT2D eigenvalue weighted by atomic mass is 16.6. The molecule has 1 aliphatic rings. The lowest BCUT2D eigenvalue weighted by Crippen LogP contribution is -2.46. The standard InChI is InChI=1S/C12H13N3O5/c1-6-10(4-9(5-13-6)15(19)20)11(16)14-8-2-7(3-8)12(17)18/h4-5,7-8H,2-3H2,1H3,(H,14,16)(H,17,18). The molecule has 2 rings (SSSR count). The van der Waals surface area contributed by atoms with Gasteiger partial charge >= 0.3 is 5.97 Å². The Kier molecular flexibility index (Phi) is 3.64. The summed E-state index contributed by atoms with van der Waals surface area (Å²) < 4.78 is 0. The van der Waals surface area contributed by atoms with Crippen LogP contribution in [0.5, 0.6) is 0 Å². The van der Waals surface area contributed by atoms with E-state index in [0.29, 0.717) is 18.5 Å². The number of pyridine rings is 1. The Morgan fingerprint density at radius 1 is 1.50 bits per heavy atom. The number of carbonyl (C=O) groups is 2. The van der Waals surface area contributed by atoms with Crippen molar-refractivity contribution in [3.05, 3.63) is 33.6 Å². The number of aryl methyl sites for hydroxylation is 1. The van der Waals surface area contributed by atoms with Gasteiger partial charge in [-0.3, -0.25) is 24.7 Å². The van der Waals surface area contributed by atoms with E-state index in [0.717, 1.165) is 6.20 Å². The monoisotopic (exact) mass is 279 g/mol. The van der Waals surface area contributed by atoms with Gasteiger partial charge in [-0.15, -0.1) is 0 Å². The number of carboxylic acid groups (broad SMARTS) is 1. The fourth-order valence-corrected chi connectivity index (χ4v) is 2.05. The zero-order valence-electron chi connectivity index (χ0n) is 10.7. The van der Waals surface area contributed by atoms with E-state index in [1.807, 2.05) is 0 Å². The molecule has 1 heterocycles. The number of hydrogen-bond donors (Lipinski definition) is 2. The summed E-state index contributed by atoms with van der Waals surface area (Å²) in [4.78, 5) is 36.5. The number of nitrogens with zero attached hydrogens (tertiary/aromatic N) is 2. The molecule has 20 heavy (non-hydrogen) atoms. The van der Waals surface area contributed by atoms with E-state index in [-0.39, 0.29) is 17.3 Å². The molecule has 0 aliphatic heterocycles. The summed E-state index contributed by atoms with van der Waals surface area (Å²) >= 11 is 0. The van der Waals surface area contributed by atoms with Crippen LogP contribution in [0.25, 0.3) is 0 Å². The number of carboxylic acids is 1. The highest BCUT2D eigenvalue weighted by Gasteiger charge is 2.35. The van der Waals surface area contributed by atoms with Crippen LogP contribution in [0.3, 0.4) is 0 Å². The van der Waals surface area contributed by atoms with E-state index in [2.05, 4.69) is 10.3 Å². The van der Waals surface area contributed by atoms with Crippen LogP contribution in [0.1, 0.15) is 28.9 Å². The molecule has 1 fully saturated rings. The van der Waals surface area contributed by atoms with Gasteiger partial charge in [0.15, 0.2) is 0 Å². The van der Waals surface area contributed by atoms with Crippen molar-refractivity contribution in [2.45, 2.75) is 25.8 Å². The van der Waals surface area contributed by atoms with Crippen LogP contribution in [0.15, 0.2) is 12.3 Å². The minimum absolute atomic E-state index is 0.137. The third kappa shape index (κ3) is 2.73. The van der Waals surface area contributed by atoms with Gasteiger partial charge < -0.3 is 10.4 Å². The van der Waals surface area contributed by atoms with Gasteiger partial charge in [-0.05, 0) is 19.8 Å². The fourth-order valence-electron chi connectivity index (χ4n) is 2.05. The highest BCUT2D eigenvalue weighted by Crippen LogP contribution is 2.28. The zero-order valence-corrected chi connectivity index (χ0v) is 10.7. The van der Waals surface area contributed by atoms with Crippen molar-refractivity contribution >= 4 is 17.6 Å². The molecule has 2 N–H and O–H groups in total. The second-order valence-corrected chi connectivity index (χ2v) is 4.76. The Morgan fingerprint density at radius 2 is 2.15 bits per heavy atom. The Morgan fingerprint density at radius 3 is 2.70 bits per heavy atom. The first-order chi connectivity index (χ1) is 9.38. The fraction of sp³-hybridized carbons (Fsp3) is 0.417. The lowest BCUT2D eigenvalue weighted by atomic mass is 9.80. The molecule has 0 spiro atoms. The van der Waals surface area contributed by atoms with Gasteiger partial charge in [0, 0.05) is 12.1 Å². The van der Waals surface area contributed by atoms with Crippen molar-refractivity contribution in [2.24, 2.45) is 5.92 Å². The molecular weight excluding hydrogens is 266 g/mol. The van der Waals surface area contributed by atoms with Gasteiger partial charge in [-0.1, -0.05) is 0 Å². The highest BCUT2D eigenvalue weighted by molar-refractivity contribution is 5.96. The van der Waals surface area contributed by atoms with Crippen molar-refractivity contribution in [1.82, 2.24) is 10.3 Å². The quantitative estimate of drug-likeness (QED) is 0.623. The third-order valence-corrected chi connectivity index (χ3v) is 3.35. The predicted octanol–water partition coefficient (Wildman–Crippen LogP) is 0.891. The van der Waals surface area contributed by atoms with E-state index in [1.165, 1.54) is 6.07 Å². The number of hydrogen-bond acceptors (Lipinski definition) is 5. The largest absolute Gasteiger partial charge is 0.481 e.